The molecule has 2 heterocycles. The van der Waals surface area contributed by atoms with Crippen molar-refractivity contribution in [2.75, 3.05) is 0 Å². The first-order chi connectivity index (χ1) is 10.2. The maximum absolute atomic E-state index is 9.09. The predicted molar refractivity (Wildman–Crippen MR) is 82.8 cm³/mol. The molecular formula is C16H13ClN4. The van der Waals surface area contributed by atoms with Gasteiger partial charge in [-0.05, 0) is 13.0 Å². The molecule has 2 aromatic heterocycles. The van der Waals surface area contributed by atoms with Crippen molar-refractivity contribution in [2.24, 2.45) is 5.92 Å². The van der Waals surface area contributed by atoms with Gasteiger partial charge in [0.25, 0.3) is 0 Å². The van der Waals surface area contributed by atoms with E-state index in [0.29, 0.717) is 11.6 Å². The number of fused-ring (bicyclic) bond motifs is 1. The third-order valence-corrected chi connectivity index (χ3v) is 3.47. The predicted octanol–water partition coefficient (Wildman–Crippen LogP) is 3.91. The Morgan fingerprint density at radius 3 is 2.81 bits per heavy atom. The zero-order valence-electron chi connectivity index (χ0n) is 11.5. The van der Waals surface area contributed by atoms with E-state index in [2.05, 4.69) is 16.0 Å². The molecule has 0 bridgehead atoms. The second-order valence-corrected chi connectivity index (χ2v) is 5.37. The minimum Gasteiger partial charge on any atom is -0.307 e. The molecule has 0 aliphatic heterocycles. The van der Waals surface area contributed by atoms with E-state index in [4.69, 9.17) is 16.9 Å². The number of aromatic nitrogens is 3. The summed E-state index contributed by atoms with van der Waals surface area (Å²) >= 11 is 6.00. The first-order valence-corrected chi connectivity index (χ1v) is 7.03. The van der Waals surface area contributed by atoms with Crippen LogP contribution in [-0.4, -0.2) is 14.5 Å². The average Bonchev–Trinajstić information content (AvgIpc) is 2.85. The molecule has 0 radical (unpaired) electrons. The van der Waals surface area contributed by atoms with Gasteiger partial charge in [0.15, 0.2) is 5.65 Å². The molecule has 0 spiro atoms. The van der Waals surface area contributed by atoms with Crippen molar-refractivity contribution in [3.63, 3.8) is 0 Å². The van der Waals surface area contributed by atoms with Gasteiger partial charge in [0, 0.05) is 18.3 Å². The highest BCUT2D eigenvalue weighted by Crippen LogP contribution is 2.26. The molecule has 0 N–H and O–H groups in total. The number of hydrogen-bond donors (Lipinski definition) is 0. The van der Waals surface area contributed by atoms with Crippen LogP contribution in [0.25, 0.3) is 22.6 Å². The van der Waals surface area contributed by atoms with Crippen molar-refractivity contribution in [3.8, 4) is 17.5 Å². The van der Waals surface area contributed by atoms with Crippen molar-refractivity contribution >= 4 is 22.8 Å². The summed E-state index contributed by atoms with van der Waals surface area (Å²) in [6.07, 6.45) is 1.61. The normalized spacial score (nSPS) is 12.2. The third-order valence-electron chi connectivity index (χ3n) is 3.26. The Morgan fingerprint density at radius 2 is 2.10 bits per heavy atom. The topological polar surface area (TPSA) is 54.5 Å². The van der Waals surface area contributed by atoms with Crippen LogP contribution in [0.3, 0.4) is 0 Å². The fourth-order valence-electron chi connectivity index (χ4n) is 2.28. The lowest BCUT2D eigenvalue weighted by molar-refractivity contribution is 0.594. The van der Waals surface area contributed by atoms with E-state index in [1.807, 2.05) is 41.8 Å². The van der Waals surface area contributed by atoms with E-state index in [-0.39, 0.29) is 5.92 Å². The molecule has 4 nitrogen and oxygen atoms in total. The summed E-state index contributed by atoms with van der Waals surface area (Å²) in [5, 5.41) is 9.64. The molecule has 0 saturated heterocycles. The van der Waals surface area contributed by atoms with Crippen LogP contribution >= 0.6 is 11.6 Å². The Morgan fingerprint density at radius 1 is 1.33 bits per heavy atom. The molecule has 1 atom stereocenters. The van der Waals surface area contributed by atoms with Crippen molar-refractivity contribution in [2.45, 2.75) is 13.5 Å². The van der Waals surface area contributed by atoms with E-state index >= 15 is 0 Å². The number of imidazole rings is 1. The summed E-state index contributed by atoms with van der Waals surface area (Å²) in [6.45, 7) is 2.43. The maximum Gasteiger partial charge on any atom is 0.160 e. The van der Waals surface area contributed by atoms with Gasteiger partial charge < -0.3 is 4.57 Å². The van der Waals surface area contributed by atoms with E-state index in [1.165, 1.54) is 0 Å². The molecular weight excluding hydrogens is 284 g/mol. The minimum absolute atomic E-state index is 0.123. The molecule has 5 heteroatoms. The summed E-state index contributed by atoms with van der Waals surface area (Å²) in [6, 6.07) is 13.9. The number of nitriles is 1. The monoisotopic (exact) mass is 296 g/mol. The van der Waals surface area contributed by atoms with Crippen molar-refractivity contribution < 1.29 is 0 Å². The molecule has 1 unspecified atom stereocenters. The van der Waals surface area contributed by atoms with Gasteiger partial charge in [-0.1, -0.05) is 41.9 Å². The van der Waals surface area contributed by atoms with Crippen molar-refractivity contribution in [3.05, 3.63) is 47.6 Å². The van der Waals surface area contributed by atoms with Crippen LogP contribution < -0.4 is 0 Å². The molecule has 3 aromatic rings. The van der Waals surface area contributed by atoms with Gasteiger partial charge >= 0.3 is 0 Å². The highest BCUT2D eigenvalue weighted by Gasteiger charge is 2.15. The molecule has 0 amide bonds. The molecule has 3 rings (SSSR count). The lowest BCUT2D eigenvalue weighted by Crippen LogP contribution is -2.08. The fraction of sp³-hybridized carbons (Fsp3) is 0.188. The van der Waals surface area contributed by atoms with Gasteiger partial charge in [-0.25, -0.2) is 9.97 Å². The smallest absolute Gasteiger partial charge is 0.160 e. The maximum atomic E-state index is 9.09. The zero-order valence-corrected chi connectivity index (χ0v) is 12.2. The molecule has 0 fully saturated rings. The highest BCUT2D eigenvalue weighted by molar-refractivity contribution is 6.31. The number of nitrogens with zero attached hydrogens (tertiary/aromatic N) is 4. The van der Waals surface area contributed by atoms with Crippen LogP contribution in [0.15, 0.2) is 42.6 Å². The Balaban J connectivity index is 2.22. The number of hydrogen-bond acceptors (Lipinski definition) is 3. The van der Waals surface area contributed by atoms with Gasteiger partial charge in [0.1, 0.15) is 11.3 Å². The number of halogens is 1. The van der Waals surface area contributed by atoms with Gasteiger partial charge in [-0.15, -0.1) is 0 Å². The molecule has 0 aliphatic carbocycles. The molecule has 0 aliphatic rings. The van der Waals surface area contributed by atoms with Crippen LogP contribution in [0.4, 0.5) is 0 Å². The van der Waals surface area contributed by atoms with Crippen molar-refractivity contribution in [1.29, 1.82) is 5.26 Å². The SMILES string of the molecule is CC(C#N)Cn1c(-c2ccccc2)nc2cc(Cl)cnc21. The van der Waals surface area contributed by atoms with Gasteiger partial charge in [0.05, 0.1) is 17.0 Å². The van der Waals surface area contributed by atoms with Crippen LogP contribution in [0, 0.1) is 17.2 Å². The highest BCUT2D eigenvalue weighted by atomic mass is 35.5. The second kappa shape index (κ2) is 5.55. The minimum atomic E-state index is -0.123. The number of rotatable bonds is 3. The Bertz CT molecular complexity index is 817. The van der Waals surface area contributed by atoms with Crippen LogP contribution in [-0.2, 0) is 6.54 Å². The summed E-state index contributed by atoms with van der Waals surface area (Å²) in [4.78, 5) is 9.01. The lowest BCUT2D eigenvalue weighted by atomic mass is 10.2. The lowest BCUT2D eigenvalue weighted by Gasteiger charge is -2.09. The first kappa shape index (κ1) is 13.6. The van der Waals surface area contributed by atoms with Crippen molar-refractivity contribution in [1.82, 2.24) is 14.5 Å². The Labute approximate surface area is 127 Å². The summed E-state index contributed by atoms with van der Waals surface area (Å²) in [5.74, 6) is 0.685. The third kappa shape index (κ3) is 2.61. The van der Waals surface area contributed by atoms with Crippen LogP contribution in [0.5, 0.6) is 0 Å². The average molecular weight is 297 g/mol. The van der Waals surface area contributed by atoms with E-state index < -0.39 is 0 Å². The van der Waals surface area contributed by atoms with Gasteiger partial charge in [-0.2, -0.15) is 5.26 Å². The van der Waals surface area contributed by atoms with Crippen LogP contribution in [0.2, 0.25) is 5.02 Å². The van der Waals surface area contributed by atoms with E-state index in [1.54, 1.807) is 12.3 Å². The molecule has 104 valence electrons. The largest absolute Gasteiger partial charge is 0.307 e. The molecule has 0 saturated carbocycles. The standard InChI is InChI=1S/C16H13ClN4/c1-11(8-18)10-21-15(12-5-3-2-4-6-12)20-14-7-13(17)9-19-16(14)21/h2-7,9,11H,10H2,1H3. The second-order valence-electron chi connectivity index (χ2n) is 4.94. The summed E-state index contributed by atoms with van der Waals surface area (Å²) in [7, 11) is 0. The molecule has 1 aromatic carbocycles. The van der Waals surface area contributed by atoms with E-state index in [0.717, 1.165) is 22.6 Å². The van der Waals surface area contributed by atoms with Gasteiger partial charge in [-0.3, -0.25) is 0 Å². The molecule has 21 heavy (non-hydrogen) atoms. The number of pyridine rings is 1. The fourth-order valence-corrected chi connectivity index (χ4v) is 2.43. The Hall–Kier alpha value is -2.38. The zero-order chi connectivity index (χ0) is 14.8. The quantitative estimate of drug-likeness (QED) is 0.736. The van der Waals surface area contributed by atoms with Crippen LogP contribution in [0.1, 0.15) is 6.92 Å². The Kier molecular flexibility index (Phi) is 3.59. The summed E-state index contributed by atoms with van der Waals surface area (Å²) < 4.78 is 1.98. The van der Waals surface area contributed by atoms with E-state index in [9.17, 15) is 0 Å². The van der Waals surface area contributed by atoms with Gasteiger partial charge in [0.2, 0.25) is 0 Å². The first-order valence-electron chi connectivity index (χ1n) is 6.66. The number of benzene rings is 1. The summed E-state index contributed by atoms with van der Waals surface area (Å²) in [5.41, 5.74) is 2.49.